The van der Waals surface area contributed by atoms with Crippen LogP contribution in [0.25, 0.3) is 22.0 Å². The van der Waals surface area contributed by atoms with Gasteiger partial charge >= 0.3 is 0 Å². The number of primary amides is 1. The Bertz CT molecular complexity index is 988. The molecular weight excluding hydrogens is 364 g/mol. The number of nitrogens with one attached hydrogen (secondary N) is 1. The molecule has 7 heteroatoms. The van der Waals surface area contributed by atoms with Gasteiger partial charge in [-0.2, -0.15) is 0 Å². The summed E-state index contributed by atoms with van der Waals surface area (Å²) < 4.78 is 5.43. The van der Waals surface area contributed by atoms with Crippen LogP contribution in [0.2, 0.25) is 5.02 Å². The summed E-state index contributed by atoms with van der Waals surface area (Å²) in [5.74, 6) is -0.526. The van der Waals surface area contributed by atoms with Crippen molar-refractivity contribution in [2.24, 2.45) is 5.73 Å². The molecule has 6 nitrogen and oxygen atoms in total. The van der Waals surface area contributed by atoms with Crippen molar-refractivity contribution in [3.8, 4) is 11.1 Å². The predicted molar refractivity (Wildman–Crippen MR) is 106 cm³/mol. The Morgan fingerprint density at radius 3 is 2.74 bits per heavy atom. The molecule has 0 atom stereocenters. The van der Waals surface area contributed by atoms with Crippen molar-refractivity contribution in [2.45, 2.75) is 18.9 Å². The number of aromatic nitrogens is 2. The summed E-state index contributed by atoms with van der Waals surface area (Å²) in [5, 5.41) is 4.76. The van der Waals surface area contributed by atoms with Crippen molar-refractivity contribution in [3.05, 3.63) is 53.4 Å². The third-order valence-electron chi connectivity index (χ3n) is 4.75. The molecule has 1 aliphatic rings. The first-order valence-electron chi connectivity index (χ1n) is 8.80. The second-order valence-electron chi connectivity index (χ2n) is 6.54. The molecule has 0 bridgehead atoms. The van der Waals surface area contributed by atoms with Crippen LogP contribution in [0.15, 0.2) is 42.9 Å². The van der Waals surface area contributed by atoms with Gasteiger partial charge in [-0.15, -0.1) is 0 Å². The Labute approximate surface area is 161 Å². The lowest BCUT2D eigenvalue weighted by molar-refractivity contribution is 0.0904. The van der Waals surface area contributed by atoms with Gasteiger partial charge in [0.05, 0.1) is 21.8 Å². The Morgan fingerprint density at radius 2 is 2.04 bits per heavy atom. The van der Waals surface area contributed by atoms with E-state index in [-0.39, 0.29) is 6.04 Å². The SMILES string of the molecule is NC(=O)c1cnc2c(Cl)cc(-c3cccnc3)cc2c1NC1CCOCC1. The van der Waals surface area contributed by atoms with E-state index in [2.05, 4.69) is 15.3 Å². The molecule has 1 aromatic carbocycles. The molecule has 27 heavy (non-hydrogen) atoms. The average molecular weight is 383 g/mol. The van der Waals surface area contributed by atoms with Gasteiger partial charge in [0, 0.05) is 48.8 Å². The molecule has 1 aliphatic heterocycles. The number of carbonyl (C=O) groups excluding carboxylic acids is 1. The van der Waals surface area contributed by atoms with E-state index in [1.165, 1.54) is 6.20 Å². The van der Waals surface area contributed by atoms with Gasteiger partial charge in [-0.05, 0) is 36.6 Å². The summed E-state index contributed by atoms with van der Waals surface area (Å²) in [7, 11) is 0. The number of hydrogen-bond donors (Lipinski definition) is 2. The minimum atomic E-state index is -0.526. The van der Waals surface area contributed by atoms with Crippen LogP contribution in [0.5, 0.6) is 0 Å². The van der Waals surface area contributed by atoms with Crippen molar-refractivity contribution in [1.82, 2.24) is 9.97 Å². The number of benzene rings is 1. The zero-order valence-corrected chi connectivity index (χ0v) is 15.4. The number of pyridine rings is 2. The monoisotopic (exact) mass is 382 g/mol. The van der Waals surface area contributed by atoms with Gasteiger partial charge in [-0.1, -0.05) is 17.7 Å². The number of rotatable bonds is 4. The van der Waals surface area contributed by atoms with Crippen LogP contribution in [0, 0.1) is 0 Å². The van der Waals surface area contributed by atoms with Crippen molar-refractivity contribution in [3.63, 3.8) is 0 Å². The minimum Gasteiger partial charge on any atom is -0.381 e. The third kappa shape index (κ3) is 3.59. The molecule has 0 spiro atoms. The van der Waals surface area contributed by atoms with Crippen LogP contribution in [0.1, 0.15) is 23.2 Å². The number of amides is 1. The highest BCUT2D eigenvalue weighted by atomic mass is 35.5. The number of ether oxygens (including phenoxy) is 1. The van der Waals surface area contributed by atoms with Crippen molar-refractivity contribution in [1.29, 1.82) is 0 Å². The van der Waals surface area contributed by atoms with E-state index >= 15 is 0 Å². The minimum absolute atomic E-state index is 0.197. The van der Waals surface area contributed by atoms with Crippen molar-refractivity contribution >= 4 is 34.1 Å². The highest BCUT2D eigenvalue weighted by Gasteiger charge is 2.20. The van der Waals surface area contributed by atoms with E-state index in [4.69, 9.17) is 22.1 Å². The Kier molecular flexibility index (Phi) is 4.92. The zero-order valence-electron chi connectivity index (χ0n) is 14.6. The summed E-state index contributed by atoms with van der Waals surface area (Å²) in [5.41, 5.74) is 9.10. The first kappa shape index (κ1) is 17.7. The molecule has 2 aromatic heterocycles. The molecule has 3 heterocycles. The molecule has 1 saturated heterocycles. The first-order valence-corrected chi connectivity index (χ1v) is 9.18. The van der Waals surface area contributed by atoms with Gasteiger partial charge < -0.3 is 15.8 Å². The van der Waals surface area contributed by atoms with Gasteiger partial charge in [-0.25, -0.2) is 0 Å². The molecule has 138 valence electrons. The first-order chi connectivity index (χ1) is 13.1. The maximum atomic E-state index is 12.0. The Balaban J connectivity index is 1.89. The van der Waals surface area contributed by atoms with E-state index in [0.717, 1.165) is 29.4 Å². The van der Waals surface area contributed by atoms with E-state index in [9.17, 15) is 4.79 Å². The molecule has 0 aliphatic carbocycles. The maximum absolute atomic E-state index is 12.0. The topological polar surface area (TPSA) is 90.1 Å². The molecule has 0 saturated carbocycles. The number of nitrogens with two attached hydrogens (primary N) is 1. The fourth-order valence-electron chi connectivity index (χ4n) is 3.35. The summed E-state index contributed by atoms with van der Waals surface area (Å²) in [4.78, 5) is 20.6. The molecule has 0 unspecified atom stereocenters. The largest absolute Gasteiger partial charge is 0.381 e. The summed E-state index contributed by atoms with van der Waals surface area (Å²) in [6.07, 6.45) is 6.70. The van der Waals surface area contributed by atoms with Crippen molar-refractivity contribution in [2.75, 3.05) is 18.5 Å². The highest BCUT2D eigenvalue weighted by molar-refractivity contribution is 6.36. The maximum Gasteiger partial charge on any atom is 0.252 e. The lowest BCUT2D eigenvalue weighted by Crippen LogP contribution is -2.29. The summed E-state index contributed by atoms with van der Waals surface area (Å²) in [6, 6.07) is 7.85. The molecule has 3 N–H and O–H groups in total. The number of nitrogens with zero attached hydrogens (tertiary/aromatic N) is 2. The van der Waals surface area contributed by atoms with Crippen LogP contribution in [0.3, 0.4) is 0 Å². The van der Waals surface area contributed by atoms with Gasteiger partial charge in [0.25, 0.3) is 5.91 Å². The summed E-state index contributed by atoms with van der Waals surface area (Å²) in [6.45, 7) is 1.38. The quantitative estimate of drug-likeness (QED) is 0.718. The van der Waals surface area contributed by atoms with Crippen LogP contribution in [-0.4, -0.2) is 35.1 Å². The van der Waals surface area contributed by atoms with Crippen LogP contribution >= 0.6 is 11.6 Å². The predicted octanol–water partition coefficient (Wildman–Crippen LogP) is 3.64. The van der Waals surface area contributed by atoms with Crippen LogP contribution < -0.4 is 11.1 Å². The molecule has 1 amide bonds. The number of anilines is 1. The van der Waals surface area contributed by atoms with Gasteiger partial charge in [0.1, 0.15) is 0 Å². The molecular formula is C20H19ClN4O2. The number of hydrogen-bond acceptors (Lipinski definition) is 5. The smallest absolute Gasteiger partial charge is 0.252 e. The third-order valence-corrected chi connectivity index (χ3v) is 5.04. The van der Waals surface area contributed by atoms with Gasteiger partial charge in [0.15, 0.2) is 0 Å². The lowest BCUT2D eigenvalue weighted by atomic mass is 10.0. The summed E-state index contributed by atoms with van der Waals surface area (Å²) >= 11 is 6.51. The van der Waals surface area contributed by atoms with E-state index < -0.39 is 5.91 Å². The fourth-order valence-corrected chi connectivity index (χ4v) is 3.62. The number of fused-ring (bicyclic) bond motifs is 1. The van der Waals surface area contributed by atoms with E-state index in [0.29, 0.717) is 35.0 Å². The Hall–Kier alpha value is -2.70. The second kappa shape index (κ2) is 7.50. The van der Waals surface area contributed by atoms with Crippen molar-refractivity contribution < 1.29 is 9.53 Å². The van der Waals surface area contributed by atoms with Gasteiger partial charge in [0.2, 0.25) is 0 Å². The molecule has 0 radical (unpaired) electrons. The van der Waals surface area contributed by atoms with E-state index in [1.54, 1.807) is 12.4 Å². The fraction of sp³-hybridized carbons (Fsp3) is 0.250. The molecule has 4 rings (SSSR count). The van der Waals surface area contributed by atoms with Gasteiger partial charge in [-0.3, -0.25) is 14.8 Å². The normalized spacial score (nSPS) is 15.0. The number of carbonyl (C=O) groups is 1. The molecule has 3 aromatic rings. The van der Waals surface area contributed by atoms with Crippen LogP contribution in [0.4, 0.5) is 5.69 Å². The standard InChI is InChI=1S/C20H19ClN4O2/c21-17-9-13(12-2-1-5-23-10-12)8-15-18(25-14-3-6-27-7-4-14)16(20(22)26)11-24-19(15)17/h1-2,5,8-11,14H,3-4,6-7H2,(H2,22,26)(H,24,25). The zero-order chi connectivity index (χ0) is 18.8. The highest BCUT2D eigenvalue weighted by Crippen LogP contribution is 2.35. The Morgan fingerprint density at radius 1 is 1.22 bits per heavy atom. The average Bonchev–Trinajstić information content (AvgIpc) is 2.69. The molecule has 1 fully saturated rings. The second-order valence-corrected chi connectivity index (χ2v) is 6.95. The van der Waals surface area contributed by atoms with E-state index in [1.807, 2.05) is 24.3 Å². The number of halogens is 1. The van der Waals surface area contributed by atoms with Crippen LogP contribution in [-0.2, 0) is 4.74 Å². The lowest BCUT2D eigenvalue weighted by Gasteiger charge is -2.26.